The summed E-state index contributed by atoms with van der Waals surface area (Å²) >= 11 is 0. The predicted octanol–water partition coefficient (Wildman–Crippen LogP) is 2.13. The third-order valence-corrected chi connectivity index (χ3v) is 4.92. The number of aromatic nitrogens is 2. The summed E-state index contributed by atoms with van der Waals surface area (Å²) in [4.78, 5) is 15.9. The first-order chi connectivity index (χ1) is 12.0. The molecule has 1 atom stereocenters. The Morgan fingerprint density at radius 3 is 2.48 bits per heavy atom. The van der Waals surface area contributed by atoms with E-state index in [-0.39, 0.29) is 6.04 Å². The highest BCUT2D eigenvalue weighted by Crippen LogP contribution is 2.23. The monoisotopic (exact) mass is 341 g/mol. The van der Waals surface area contributed by atoms with Crippen molar-refractivity contribution in [1.29, 1.82) is 0 Å². The largest absolute Gasteiger partial charge is 0.508 e. The Hall–Kier alpha value is -2.18. The molecular formula is C19H27N5O. The second-order valence-electron chi connectivity index (χ2n) is 6.87. The van der Waals surface area contributed by atoms with Crippen LogP contribution in [0.1, 0.15) is 24.1 Å². The molecule has 6 nitrogen and oxygen atoms in total. The highest BCUT2D eigenvalue weighted by Gasteiger charge is 2.17. The number of anilines is 1. The van der Waals surface area contributed by atoms with Gasteiger partial charge in [-0.15, -0.1) is 0 Å². The Kier molecular flexibility index (Phi) is 5.50. The van der Waals surface area contributed by atoms with E-state index in [4.69, 9.17) is 0 Å². The third-order valence-electron chi connectivity index (χ3n) is 4.92. The number of phenolic OH excluding ortho intramolecular Hbond substituents is 1. The number of hydrogen-bond donors (Lipinski definition) is 1. The van der Waals surface area contributed by atoms with Crippen LogP contribution in [-0.4, -0.2) is 65.1 Å². The fraction of sp³-hybridized carbons (Fsp3) is 0.474. The Morgan fingerprint density at radius 2 is 1.84 bits per heavy atom. The lowest BCUT2D eigenvalue weighted by Gasteiger charge is -2.32. The molecule has 0 spiro atoms. The summed E-state index contributed by atoms with van der Waals surface area (Å²) in [7, 11) is 4.22. The van der Waals surface area contributed by atoms with Crippen molar-refractivity contribution in [2.24, 2.45) is 0 Å². The van der Waals surface area contributed by atoms with Crippen LogP contribution in [0.25, 0.3) is 0 Å². The Balaban J connectivity index is 1.61. The van der Waals surface area contributed by atoms with Crippen LogP contribution in [0.4, 0.5) is 5.95 Å². The Bertz CT molecular complexity index is 682. The van der Waals surface area contributed by atoms with Gasteiger partial charge < -0.3 is 14.9 Å². The minimum atomic E-state index is 0.199. The van der Waals surface area contributed by atoms with E-state index >= 15 is 0 Å². The van der Waals surface area contributed by atoms with Crippen molar-refractivity contribution >= 4 is 5.95 Å². The molecule has 1 saturated heterocycles. The van der Waals surface area contributed by atoms with Crippen LogP contribution in [0.5, 0.6) is 5.75 Å². The maximum atomic E-state index is 9.66. The maximum absolute atomic E-state index is 9.66. The second kappa shape index (κ2) is 7.80. The van der Waals surface area contributed by atoms with E-state index in [9.17, 15) is 5.11 Å². The van der Waals surface area contributed by atoms with Gasteiger partial charge in [0.2, 0.25) is 5.95 Å². The van der Waals surface area contributed by atoms with Gasteiger partial charge in [-0.05, 0) is 38.7 Å². The first-order valence-electron chi connectivity index (χ1n) is 8.76. The number of benzene rings is 1. The standard InChI is InChI=1S/C19H27N5O/c1-15(17-5-4-6-18(25)11-17)23(3)14-16-12-20-19(21-13-16)24-9-7-22(2)8-10-24/h4-6,11-13,15,25H,7-10,14H2,1-3H3. The van der Waals surface area contributed by atoms with Crippen molar-refractivity contribution in [1.82, 2.24) is 19.8 Å². The van der Waals surface area contributed by atoms with Gasteiger partial charge in [0.15, 0.2) is 0 Å². The molecule has 1 aliphatic heterocycles. The zero-order valence-corrected chi connectivity index (χ0v) is 15.3. The topological polar surface area (TPSA) is 55.7 Å². The van der Waals surface area contributed by atoms with Crippen molar-refractivity contribution < 1.29 is 5.11 Å². The van der Waals surface area contributed by atoms with Crippen LogP contribution >= 0.6 is 0 Å². The van der Waals surface area contributed by atoms with E-state index in [1.807, 2.05) is 30.6 Å². The lowest BCUT2D eigenvalue weighted by molar-refractivity contribution is 0.252. The minimum absolute atomic E-state index is 0.199. The molecule has 0 saturated carbocycles. The van der Waals surface area contributed by atoms with Gasteiger partial charge in [-0.1, -0.05) is 12.1 Å². The van der Waals surface area contributed by atoms with Gasteiger partial charge in [-0.3, -0.25) is 4.90 Å². The normalized spacial score (nSPS) is 17.0. The molecule has 25 heavy (non-hydrogen) atoms. The molecule has 2 aromatic rings. The average Bonchev–Trinajstić information content (AvgIpc) is 2.62. The van der Waals surface area contributed by atoms with Gasteiger partial charge >= 0.3 is 0 Å². The van der Waals surface area contributed by atoms with E-state index in [0.29, 0.717) is 5.75 Å². The van der Waals surface area contributed by atoms with E-state index < -0.39 is 0 Å². The number of phenols is 1. The Morgan fingerprint density at radius 1 is 1.16 bits per heavy atom. The summed E-state index contributed by atoms with van der Waals surface area (Å²) in [5.41, 5.74) is 2.19. The van der Waals surface area contributed by atoms with Gasteiger partial charge in [0.25, 0.3) is 0 Å². The number of piperazine rings is 1. The molecule has 1 N–H and O–H groups in total. The zero-order chi connectivity index (χ0) is 17.8. The minimum Gasteiger partial charge on any atom is -0.508 e. The van der Waals surface area contributed by atoms with Gasteiger partial charge in [0, 0.05) is 56.7 Å². The molecule has 1 unspecified atom stereocenters. The molecule has 134 valence electrons. The van der Waals surface area contributed by atoms with Gasteiger partial charge in [-0.25, -0.2) is 9.97 Å². The summed E-state index contributed by atoms with van der Waals surface area (Å²) in [6.45, 7) is 6.95. The first kappa shape index (κ1) is 17.6. The quantitative estimate of drug-likeness (QED) is 0.899. The molecule has 0 aliphatic carbocycles. The molecule has 0 radical (unpaired) electrons. The molecule has 0 amide bonds. The third kappa shape index (κ3) is 4.46. The molecule has 1 fully saturated rings. The van der Waals surface area contributed by atoms with Gasteiger partial charge in [-0.2, -0.15) is 0 Å². The van der Waals surface area contributed by atoms with Crippen molar-refractivity contribution in [3.8, 4) is 5.75 Å². The molecule has 0 bridgehead atoms. The highest BCUT2D eigenvalue weighted by molar-refractivity contribution is 5.31. The number of likely N-dealkylation sites (N-methyl/N-ethyl adjacent to an activating group) is 1. The second-order valence-corrected chi connectivity index (χ2v) is 6.87. The lowest BCUT2D eigenvalue weighted by Crippen LogP contribution is -2.45. The summed E-state index contributed by atoms with van der Waals surface area (Å²) < 4.78 is 0. The van der Waals surface area contributed by atoms with E-state index in [2.05, 4.69) is 45.7 Å². The molecule has 1 aromatic carbocycles. The smallest absolute Gasteiger partial charge is 0.225 e. The molecule has 1 aliphatic rings. The fourth-order valence-corrected chi connectivity index (χ4v) is 3.06. The van der Waals surface area contributed by atoms with Crippen LogP contribution in [-0.2, 0) is 6.54 Å². The summed E-state index contributed by atoms with van der Waals surface area (Å²) in [5.74, 6) is 1.12. The highest BCUT2D eigenvalue weighted by atomic mass is 16.3. The van der Waals surface area contributed by atoms with Crippen molar-refractivity contribution in [2.45, 2.75) is 19.5 Å². The first-order valence-corrected chi connectivity index (χ1v) is 8.76. The average molecular weight is 341 g/mol. The zero-order valence-electron chi connectivity index (χ0n) is 15.3. The van der Waals surface area contributed by atoms with Crippen LogP contribution in [0, 0.1) is 0 Å². The molecule has 1 aromatic heterocycles. The van der Waals surface area contributed by atoms with Crippen LogP contribution in [0.15, 0.2) is 36.7 Å². The Labute approximate surface area is 149 Å². The molecular weight excluding hydrogens is 314 g/mol. The number of rotatable bonds is 5. The number of nitrogens with zero attached hydrogens (tertiary/aromatic N) is 5. The predicted molar refractivity (Wildman–Crippen MR) is 99.7 cm³/mol. The molecule has 6 heteroatoms. The fourth-order valence-electron chi connectivity index (χ4n) is 3.06. The van der Waals surface area contributed by atoms with Gasteiger partial charge in [0.1, 0.15) is 5.75 Å². The van der Waals surface area contributed by atoms with Crippen LogP contribution < -0.4 is 4.90 Å². The number of aromatic hydroxyl groups is 1. The summed E-state index contributed by atoms with van der Waals surface area (Å²) in [6.07, 6.45) is 3.85. The summed E-state index contributed by atoms with van der Waals surface area (Å²) in [5, 5.41) is 9.66. The lowest BCUT2D eigenvalue weighted by atomic mass is 10.1. The van der Waals surface area contributed by atoms with Crippen molar-refractivity contribution in [3.63, 3.8) is 0 Å². The van der Waals surface area contributed by atoms with E-state index in [1.165, 1.54) is 0 Å². The maximum Gasteiger partial charge on any atom is 0.225 e. The van der Waals surface area contributed by atoms with Crippen LogP contribution in [0.3, 0.4) is 0 Å². The number of hydrogen-bond acceptors (Lipinski definition) is 6. The summed E-state index contributed by atoms with van der Waals surface area (Å²) in [6, 6.07) is 7.62. The molecule has 2 heterocycles. The van der Waals surface area contributed by atoms with E-state index in [1.54, 1.807) is 6.07 Å². The van der Waals surface area contributed by atoms with Crippen LogP contribution in [0.2, 0.25) is 0 Å². The molecule has 3 rings (SSSR count). The SMILES string of the molecule is CC(c1cccc(O)c1)N(C)Cc1cnc(N2CCN(C)CC2)nc1. The van der Waals surface area contributed by atoms with Crippen molar-refractivity contribution in [3.05, 3.63) is 47.8 Å². The van der Waals surface area contributed by atoms with Gasteiger partial charge in [0.05, 0.1) is 0 Å². The van der Waals surface area contributed by atoms with Crippen molar-refractivity contribution in [2.75, 3.05) is 45.2 Å². The van der Waals surface area contributed by atoms with E-state index in [0.717, 1.165) is 49.8 Å².